The number of aliphatic hydroxyl groups excluding tert-OH is 1. The molecular formula is C24H30ClN3O5S2. The van der Waals surface area contributed by atoms with Crippen LogP contribution in [0.25, 0.3) is 0 Å². The average molecular weight is 540 g/mol. The number of unbranched alkanes of at least 4 members (excludes halogenated alkanes) is 2. The summed E-state index contributed by atoms with van der Waals surface area (Å²) in [5, 5.41) is 17.8. The number of anilines is 2. The zero-order chi connectivity index (χ0) is 25.8. The SMILES string of the molecule is CCCCCc1c(CCO)c(C)cc(C)c1NC(=O)c1sccc1S(=O)(=O)Nc1onc(C)c1Cl. The molecule has 0 unspecified atom stereocenters. The van der Waals surface area contributed by atoms with E-state index in [9.17, 15) is 18.3 Å². The van der Waals surface area contributed by atoms with Gasteiger partial charge in [0.2, 0.25) is 0 Å². The van der Waals surface area contributed by atoms with Gasteiger partial charge in [-0.15, -0.1) is 11.3 Å². The molecule has 0 aliphatic carbocycles. The minimum atomic E-state index is -4.16. The van der Waals surface area contributed by atoms with E-state index in [4.69, 9.17) is 16.1 Å². The van der Waals surface area contributed by atoms with Gasteiger partial charge in [0.1, 0.15) is 20.5 Å². The zero-order valence-electron chi connectivity index (χ0n) is 20.2. The quantitative estimate of drug-likeness (QED) is 0.271. The zero-order valence-corrected chi connectivity index (χ0v) is 22.6. The van der Waals surface area contributed by atoms with Gasteiger partial charge >= 0.3 is 0 Å². The van der Waals surface area contributed by atoms with Crippen LogP contribution in [0, 0.1) is 20.8 Å². The first kappa shape index (κ1) is 27.2. The van der Waals surface area contributed by atoms with Gasteiger partial charge in [-0.2, -0.15) is 0 Å². The van der Waals surface area contributed by atoms with Gasteiger partial charge < -0.3 is 14.9 Å². The fourth-order valence-corrected chi connectivity index (χ4v) is 6.51. The lowest BCUT2D eigenvalue weighted by Gasteiger charge is -2.20. The van der Waals surface area contributed by atoms with Crippen LogP contribution in [-0.4, -0.2) is 31.2 Å². The Morgan fingerprint density at radius 3 is 2.54 bits per heavy atom. The highest BCUT2D eigenvalue weighted by Crippen LogP contribution is 2.33. The van der Waals surface area contributed by atoms with Crippen molar-refractivity contribution < 1.29 is 22.8 Å². The lowest BCUT2D eigenvalue weighted by atomic mass is 9.91. The summed E-state index contributed by atoms with van der Waals surface area (Å²) >= 11 is 7.07. The molecule has 8 nitrogen and oxygen atoms in total. The average Bonchev–Trinajstić information content (AvgIpc) is 3.42. The Morgan fingerprint density at radius 2 is 1.91 bits per heavy atom. The van der Waals surface area contributed by atoms with Gasteiger partial charge in [0.15, 0.2) is 0 Å². The molecule has 0 aliphatic rings. The number of hydrogen-bond acceptors (Lipinski definition) is 7. The van der Waals surface area contributed by atoms with Gasteiger partial charge in [-0.3, -0.25) is 4.79 Å². The van der Waals surface area contributed by atoms with Crippen molar-refractivity contribution in [2.75, 3.05) is 16.6 Å². The molecule has 0 fully saturated rings. The van der Waals surface area contributed by atoms with Crippen LogP contribution in [0.15, 0.2) is 26.9 Å². The molecule has 0 saturated heterocycles. The number of aryl methyl sites for hydroxylation is 3. The lowest BCUT2D eigenvalue weighted by molar-refractivity contribution is 0.102. The molecule has 35 heavy (non-hydrogen) atoms. The molecule has 1 amide bonds. The Hall–Kier alpha value is -2.40. The summed E-state index contributed by atoms with van der Waals surface area (Å²) in [5.41, 5.74) is 4.95. The first-order valence-corrected chi connectivity index (χ1v) is 14.1. The molecule has 0 radical (unpaired) electrons. The number of carbonyl (C=O) groups is 1. The Labute approximate surface area is 214 Å². The number of hydrogen-bond donors (Lipinski definition) is 3. The van der Waals surface area contributed by atoms with E-state index >= 15 is 0 Å². The van der Waals surface area contributed by atoms with E-state index in [1.165, 1.54) is 11.4 Å². The number of rotatable bonds is 11. The highest BCUT2D eigenvalue weighted by molar-refractivity contribution is 7.93. The van der Waals surface area contributed by atoms with Gasteiger partial charge in [0.25, 0.3) is 21.8 Å². The van der Waals surface area contributed by atoms with Crippen LogP contribution in [0.1, 0.15) is 63.8 Å². The van der Waals surface area contributed by atoms with Crippen LogP contribution in [0.3, 0.4) is 0 Å². The monoisotopic (exact) mass is 539 g/mol. The summed E-state index contributed by atoms with van der Waals surface area (Å²) in [6.45, 7) is 7.62. The van der Waals surface area contributed by atoms with Gasteiger partial charge in [-0.05, 0) is 73.7 Å². The van der Waals surface area contributed by atoms with E-state index in [0.29, 0.717) is 17.8 Å². The second-order valence-corrected chi connectivity index (χ2v) is 11.3. The van der Waals surface area contributed by atoms with Crippen molar-refractivity contribution in [1.29, 1.82) is 0 Å². The number of sulfonamides is 1. The fraction of sp³-hybridized carbons (Fsp3) is 0.417. The first-order chi connectivity index (χ1) is 16.6. The summed E-state index contributed by atoms with van der Waals surface area (Å²) in [6.07, 6.45) is 4.28. The molecule has 3 rings (SSSR count). The van der Waals surface area contributed by atoms with Gasteiger partial charge in [0.05, 0.1) is 0 Å². The Balaban J connectivity index is 1.96. The van der Waals surface area contributed by atoms with E-state index in [0.717, 1.165) is 59.3 Å². The van der Waals surface area contributed by atoms with Crippen LogP contribution in [0.5, 0.6) is 0 Å². The highest BCUT2D eigenvalue weighted by atomic mass is 35.5. The predicted octanol–water partition coefficient (Wildman–Crippen LogP) is 5.64. The number of amides is 1. The number of thiophene rings is 1. The highest BCUT2D eigenvalue weighted by Gasteiger charge is 2.28. The number of benzene rings is 1. The van der Waals surface area contributed by atoms with Crippen molar-refractivity contribution in [1.82, 2.24) is 5.16 Å². The van der Waals surface area contributed by atoms with Crippen LogP contribution < -0.4 is 10.0 Å². The smallest absolute Gasteiger partial charge is 0.267 e. The summed E-state index contributed by atoms with van der Waals surface area (Å²) in [7, 11) is -4.16. The number of nitrogens with zero attached hydrogens (tertiary/aromatic N) is 1. The van der Waals surface area contributed by atoms with Crippen LogP contribution in [0.4, 0.5) is 11.6 Å². The molecule has 0 atom stereocenters. The van der Waals surface area contributed by atoms with Gasteiger partial charge in [-0.1, -0.05) is 42.6 Å². The molecule has 190 valence electrons. The first-order valence-electron chi connectivity index (χ1n) is 11.4. The van der Waals surface area contributed by atoms with Crippen molar-refractivity contribution in [2.45, 2.75) is 64.7 Å². The minimum Gasteiger partial charge on any atom is -0.396 e. The standard InChI is InChI=1S/C24H30ClN3O5S2/c1-5-6-7-8-18-17(9-11-29)14(2)13-15(3)21(18)26-23(30)22-19(10-12-34-22)35(31,32)28-24-20(25)16(4)27-33-24/h10,12-13,28-29H,5-9,11H2,1-4H3,(H,26,30). The van der Waals surface area contributed by atoms with Gasteiger partial charge in [0, 0.05) is 12.3 Å². The van der Waals surface area contributed by atoms with Crippen LogP contribution in [0.2, 0.25) is 5.02 Å². The van der Waals surface area contributed by atoms with E-state index in [-0.39, 0.29) is 27.3 Å². The number of aliphatic hydroxyl groups is 1. The Morgan fingerprint density at radius 1 is 1.17 bits per heavy atom. The number of nitrogens with one attached hydrogen (secondary N) is 2. The van der Waals surface area contributed by atoms with Crippen molar-refractivity contribution >= 4 is 50.4 Å². The normalized spacial score (nSPS) is 11.6. The number of halogens is 1. The second-order valence-electron chi connectivity index (χ2n) is 8.36. The molecule has 1 aromatic carbocycles. The van der Waals surface area contributed by atoms with Crippen LogP contribution in [-0.2, 0) is 22.9 Å². The molecule has 2 heterocycles. The molecule has 0 saturated carbocycles. The fourth-order valence-electron chi connectivity index (χ4n) is 4.02. The maximum Gasteiger partial charge on any atom is 0.267 e. The predicted molar refractivity (Wildman–Crippen MR) is 139 cm³/mol. The largest absolute Gasteiger partial charge is 0.396 e. The topological polar surface area (TPSA) is 122 Å². The third kappa shape index (κ3) is 6.06. The van der Waals surface area contributed by atoms with Crippen molar-refractivity contribution in [3.63, 3.8) is 0 Å². The lowest BCUT2D eigenvalue weighted by Crippen LogP contribution is -2.20. The van der Waals surface area contributed by atoms with Crippen molar-refractivity contribution in [3.05, 3.63) is 55.4 Å². The molecule has 2 aromatic heterocycles. The maximum absolute atomic E-state index is 13.4. The molecular weight excluding hydrogens is 510 g/mol. The maximum atomic E-state index is 13.4. The molecule has 3 N–H and O–H groups in total. The van der Waals surface area contributed by atoms with E-state index in [1.807, 2.05) is 19.9 Å². The summed E-state index contributed by atoms with van der Waals surface area (Å²) in [6, 6.07) is 3.34. The summed E-state index contributed by atoms with van der Waals surface area (Å²) in [5.74, 6) is -0.734. The van der Waals surface area contributed by atoms with E-state index in [1.54, 1.807) is 6.92 Å². The van der Waals surface area contributed by atoms with E-state index in [2.05, 4.69) is 22.1 Å². The number of aromatic nitrogens is 1. The molecule has 3 aromatic rings. The van der Waals surface area contributed by atoms with Crippen molar-refractivity contribution in [3.8, 4) is 0 Å². The second kappa shape index (κ2) is 11.6. The number of carbonyl (C=O) groups excluding carboxylic acids is 1. The third-order valence-corrected chi connectivity index (χ3v) is 8.60. The Kier molecular flexibility index (Phi) is 8.98. The summed E-state index contributed by atoms with van der Waals surface area (Å²) < 4.78 is 33.3. The van der Waals surface area contributed by atoms with Gasteiger partial charge in [-0.25, -0.2) is 13.1 Å². The Bertz CT molecular complexity index is 1310. The third-order valence-electron chi connectivity index (χ3n) is 5.74. The molecule has 11 heteroatoms. The summed E-state index contributed by atoms with van der Waals surface area (Å²) in [4.78, 5) is 13.2. The molecule has 0 spiro atoms. The minimum absolute atomic E-state index is 0.000716. The van der Waals surface area contributed by atoms with Crippen molar-refractivity contribution in [2.24, 2.45) is 0 Å². The van der Waals surface area contributed by atoms with Crippen LogP contribution >= 0.6 is 22.9 Å². The van der Waals surface area contributed by atoms with E-state index < -0.39 is 15.9 Å². The molecule has 0 bridgehead atoms. The molecule has 0 aliphatic heterocycles.